The molecule has 0 aromatic carbocycles. The third-order valence-electron chi connectivity index (χ3n) is 7.07. The Morgan fingerprint density at radius 3 is 2.19 bits per heavy atom. The zero-order valence-electron chi connectivity index (χ0n) is 23.9. The Hall–Kier alpha value is -2.73. The van der Waals surface area contributed by atoms with Crippen molar-refractivity contribution in [1.29, 1.82) is 0 Å². The Labute approximate surface area is 268 Å². The highest BCUT2D eigenvalue weighted by atomic mass is 31.3. The van der Waals surface area contributed by atoms with E-state index >= 15 is 0 Å². The summed E-state index contributed by atoms with van der Waals surface area (Å²) in [5.41, 5.74) is 5.76. The monoisotopic (exact) mass is 746 g/mol. The maximum atomic E-state index is 12.6. The van der Waals surface area contributed by atoms with Gasteiger partial charge in [0.25, 0.3) is 0 Å². The summed E-state index contributed by atoms with van der Waals surface area (Å²) in [5, 5.41) is 40.7. The molecule has 24 nitrogen and oxygen atoms in total. The summed E-state index contributed by atoms with van der Waals surface area (Å²) < 4.78 is 67.1. The fraction of sp³-hybridized carbons (Fsp3) is 0.524. The molecule has 5 heterocycles. The van der Waals surface area contributed by atoms with Crippen molar-refractivity contribution in [1.82, 2.24) is 24.4 Å². The average Bonchev–Trinajstić information content (AvgIpc) is 3.64. The second-order valence-corrected chi connectivity index (χ2v) is 14.6. The summed E-state index contributed by atoms with van der Waals surface area (Å²) in [7, 11) is -16.3. The largest absolute Gasteiger partial charge is 0.481 e. The lowest BCUT2D eigenvalue weighted by Gasteiger charge is -2.28. The van der Waals surface area contributed by atoms with Gasteiger partial charge < -0.3 is 60.1 Å². The number of phosphoric acid groups is 3. The zero-order valence-corrected chi connectivity index (χ0v) is 26.6. The van der Waals surface area contributed by atoms with E-state index < -0.39 is 91.7 Å². The van der Waals surface area contributed by atoms with E-state index in [0.29, 0.717) is 0 Å². The molecule has 27 heteroatoms. The number of aliphatic hydroxyl groups excluding tert-OH is 3. The molecule has 48 heavy (non-hydrogen) atoms. The quantitative estimate of drug-likeness (QED) is 0.100. The lowest BCUT2D eigenvalue weighted by Crippen LogP contribution is -2.40. The van der Waals surface area contributed by atoms with Crippen LogP contribution in [-0.2, 0) is 45.8 Å². The van der Waals surface area contributed by atoms with Crippen LogP contribution in [0.3, 0.4) is 0 Å². The predicted molar refractivity (Wildman–Crippen MR) is 151 cm³/mol. The number of carbonyl (C=O) groups is 1. The summed E-state index contributed by atoms with van der Waals surface area (Å²) >= 11 is 0. The molecule has 0 radical (unpaired) electrons. The number of phosphoric ester groups is 3. The Balaban J connectivity index is 1.20. The molecule has 0 amide bonds. The Morgan fingerprint density at radius 2 is 1.56 bits per heavy atom. The molecule has 0 bridgehead atoms. The predicted octanol–water partition coefficient (Wildman–Crippen LogP) is -1.97. The van der Waals surface area contributed by atoms with Gasteiger partial charge in [-0.15, -0.1) is 0 Å². The van der Waals surface area contributed by atoms with Crippen molar-refractivity contribution < 1.29 is 85.8 Å². The van der Waals surface area contributed by atoms with Crippen LogP contribution in [0.25, 0.3) is 11.2 Å². The van der Waals surface area contributed by atoms with Crippen LogP contribution in [0, 0.1) is 0 Å². The number of aliphatic hydroxyl groups is 3. The Kier molecular flexibility index (Phi) is 10.6. The number of hydrogen-bond donors (Lipinski definition) is 9. The van der Waals surface area contributed by atoms with Crippen molar-refractivity contribution in [2.75, 3.05) is 18.9 Å². The van der Waals surface area contributed by atoms with Gasteiger partial charge in [0.2, 0.25) is 0 Å². The fourth-order valence-corrected chi connectivity index (χ4v) is 7.55. The van der Waals surface area contributed by atoms with E-state index in [2.05, 4.69) is 32.8 Å². The van der Waals surface area contributed by atoms with Gasteiger partial charge in [-0.2, -0.15) is 4.31 Å². The second-order valence-electron chi connectivity index (χ2n) is 10.4. The number of fused-ring (bicyclic) bond motifs is 1. The van der Waals surface area contributed by atoms with Crippen molar-refractivity contribution in [2.24, 2.45) is 0 Å². The minimum Gasteiger partial charge on any atom is -0.478 e. The van der Waals surface area contributed by atoms with Gasteiger partial charge in [-0.25, -0.2) is 33.4 Å². The van der Waals surface area contributed by atoms with E-state index in [1.165, 1.54) is 12.3 Å². The van der Waals surface area contributed by atoms with Crippen LogP contribution < -0.4 is 5.73 Å². The van der Waals surface area contributed by atoms with Gasteiger partial charge >= 0.3 is 29.4 Å². The van der Waals surface area contributed by atoms with Crippen LogP contribution in [0.1, 0.15) is 12.6 Å². The number of aliphatic carboxylic acids is 1. The van der Waals surface area contributed by atoms with Crippen LogP contribution >= 0.6 is 23.5 Å². The van der Waals surface area contributed by atoms with Gasteiger partial charge in [0, 0.05) is 18.8 Å². The van der Waals surface area contributed by atoms with Crippen LogP contribution in [0.15, 0.2) is 36.7 Å². The smallest absolute Gasteiger partial charge is 0.478 e. The Bertz CT molecular complexity index is 1730. The first kappa shape index (κ1) is 36.5. The van der Waals surface area contributed by atoms with Crippen LogP contribution in [-0.4, -0.2) is 126 Å². The molecule has 0 aliphatic carbocycles. The number of carboxylic acids is 1. The van der Waals surface area contributed by atoms with Crippen molar-refractivity contribution in [3.05, 3.63) is 36.7 Å². The number of nitrogen functional groups attached to an aromatic ring is 1. The summed E-state index contributed by atoms with van der Waals surface area (Å²) in [6, 6.07) is 0. The minimum atomic E-state index is -5.53. The molecule has 2 aromatic rings. The van der Waals surface area contributed by atoms with Crippen molar-refractivity contribution in [3.8, 4) is 0 Å². The van der Waals surface area contributed by atoms with E-state index in [-0.39, 0.29) is 29.0 Å². The maximum Gasteiger partial charge on any atom is 0.481 e. The molecule has 0 spiro atoms. The summed E-state index contributed by atoms with van der Waals surface area (Å²) in [5.74, 6) is -1.30. The standard InChI is InChI=1S/C21H29N6O18P3/c22-17-12-18(24-7-23-17)27(8-25-12)20-16(44-46(33,34)35)14(29)11(43-20)6-41-48(38,39)45-47(36,37)40-5-10-13(28)15(30)19(42-10)26-3-1-2-9(4-26)21(31)32/h1,3-4,7-8,10-11,13-16,19-20,28-30H,2,5-6H2,(H,31,32)(H,36,37)(H,38,39)(H2,22,23,24)(H2,33,34,35). The average molecular weight is 746 g/mol. The molecule has 0 saturated carbocycles. The van der Waals surface area contributed by atoms with Crippen LogP contribution in [0.2, 0.25) is 0 Å². The molecule has 10 unspecified atom stereocenters. The van der Waals surface area contributed by atoms with E-state index in [4.69, 9.17) is 15.2 Å². The molecule has 10 N–H and O–H groups in total. The maximum absolute atomic E-state index is 12.6. The first-order chi connectivity index (χ1) is 22.4. The molecule has 5 rings (SSSR count). The molecule has 3 aliphatic rings. The number of anilines is 1. The van der Waals surface area contributed by atoms with Gasteiger partial charge in [0.1, 0.15) is 48.5 Å². The fourth-order valence-electron chi connectivity index (χ4n) is 4.91. The highest BCUT2D eigenvalue weighted by Gasteiger charge is 2.51. The molecular formula is C21H29N6O18P3. The number of nitrogens with two attached hydrogens (primary N) is 1. The van der Waals surface area contributed by atoms with Gasteiger partial charge in [-0.05, 0) is 0 Å². The lowest BCUT2D eigenvalue weighted by molar-refractivity contribution is -0.133. The SMILES string of the molecule is Nc1ncnc2c1ncn2C1OC(COP(=O)(O)OP(=O)(O)OCC2OC(N3C=CCC(C(=O)O)=C3)C(O)C2O)C(O)C1OP(=O)(O)O. The number of imidazole rings is 1. The summed E-state index contributed by atoms with van der Waals surface area (Å²) in [4.78, 5) is 63.1. The molecule has 2 aromatic heterocycles. The molecule has 2 saturated heterocycles. The molecule has 10 atom stereocenters. The van der Waals surface area contributed by atoms with E-state index in [9.17, 15) is 58.5 Å². The van der Waals surface area contributed by atoms with Crippen molar-refractivity contribution >= 4 is 46.4 Å². The van der Waals surface area contributed by atoms with Gasteiger partial charge in [-0.1, -0.05) is 6.08 Å². The van der Waals surface area contributed by atoms with Crippen LogP contribution in [0.4, 0.5) is 5.82 Å². The summed E-state index contributed by atoms with van der Waals surface area (Å²) in [6.45, 7) is -2.06. The van der Waals surface area contributed by atoms with Gasteiger partial charge in [-0.3, -0.25) is 18.1 Å². The number of aromatic nitrogens is 4. The third kappa shape index (κ3) is 8.17. The molecule has 266 valence electrons. The number of ether oxygens (including phenoxy) is 2. The van der Waals surface area contributed by atoms with Crippen molar-refractivity contribution in [2.45, 2.75) is 55.5 Å². The van der Waals surface area contributed by atoms with Gasteiger partial charge in [0.05, 0.1) is 25.1 Å². The van der Waals surface area contributed by atoms with Crippen molar-refractivity contribution in [3.63, 3.8) is 0 Å². The first-order valence-corrected chi connectivity index (χ1v) is 17.9. The first-order valence-electron chi connectivity index (χ1n) is 13.4. The summed E-state index contributed by atoms with van der Waals surface area (Å²) in [6.07, 6.45) is -7.05. The van der Waals surface area contributed by atoms with E-state index in [1.807, 2.05) is 0 Å². The number of hydrogen-bond acceptors (Lipinski definition) is 18. The number of allylic oxidation sites excluding steroid dienone is 1. The second kappa shape index (κ2) is 13.9. The van der Waals surface area contributed by atoms with Crippen LogP contribution in [0.5, 0.6) is 0 Å². The normalized spacial score (nSPS) is 31.9. The number of rotatable bonds is 13. The topological polar surface area (TPSA) is 358 Å². The number of nitrogens with zero attached hydrogens (tertiary/aromatic N) is 5. The van der Waals surface area contributed by atoms with E-state index in [0.717, 1.165) is 28.3 Å². The van der Waals surface area contributed by atoms with Gasteiger partial charge in [0.15, 0.2) is 23.9 Å². The molecule has 2 fully saturated rings. The zero-order chi connectivity index (χ0) is 35.2. The Morgan fingerprint density at radius 1 is 0.938 bits per heavy atom. The third-order valence-corrected chi connectivity index (χ3v) is 10.2. The minimum absolute atomic E-state index is 0.000759. The lowest BCUT2D eigenvalue weighted by atomic mass is 10.1. The van der Waals surface area contributed by atoms with E-state index in [1.54, 1.807) is 0 Å². The molecule has 3 aliphatic heterocycles. The molecular weight excluding hydrogens is 717 g/mol. The number of carboxylic acid groups (broad SMARTS) is 1. The highest BCUT2D eigenvalue weighted by Crippen LogP contribution is 2.61. The highest BCUT2D eigenvalue weighted by molar-refractivity contribution is 7.61.